The van der Waals surface area contributed by atoms with Gasteiger partial charge in [-0.25, -0.2) is 0 Å². The summed E-state index contributed by atoms with van der Waals surface area (Å²) < 4.78 is 0. The SMILES string of the molecule is Cc1ccc(CN(C)CC(C)CN)c(C)c1. The molecule has 1 aromatic rings. The number of nitrogens with zero attached hydrogens (tertiary/aromatic N) is 1. The van der Waals surface area contributed by atoms with Gasteiger partial charge in [0.15, 0.2) is 0 Å². The molecule has 0 heterocycles. The predicted octanol–water partition coefficient (Wildman–Crippen LogP) is 2.33. The van der Waals surface area contributed by atoms with Gasteiger partial charge in [-0.2, -0.15) is 0 Å². The Morgan fingerprint density at radius 3 is 2.56 bits per heavy atom. The van der Waals surface area contributed by atoms with Crippen LogP contribution < -0.4 is 5.73 Å². The molecule has 0 radical (unpaired) electrons. The summed E-state index contributed by atoms with van der Waals surface area (Å²) in [7, 11) is 2.16. The summed E-state index contributed by atoms with van der Waals surface area (Å²) in [6, 6.07) is 6.66. The topological polar surface area (TPSA) is 29.3 Å². The van der Waals surface area contributed by atoms with Crippen molar-refractivity contribution in [2.45, 2.75) is 27.3 Å². The summed E-state index contributed by atoms with van der Waals surface area (Å²) >= 11 is 0. The Morgan fingerprint density at radius 1 is 1.31 bits per heavy atom. The van der Waals surface area contributed by atoms with Crippen molar-refractivity contribution in [3.8, 4) is 0 Å². The predicted molar refractivity (Wildman–Crippen MR) is 70.5 cm³/mol. The lowest BCUT2D eigenvalue weighted by Crippen LogP contribution is -2.28. The summed E-state index contributed by atoms with van der Waals surface area (Å²) in [5.41, 5.74) is 9.77. The largest absolute Gasteiger partial charge is 0.330 e. The Morgan fingerprint density at radius 2 is 2.00 bits per heavy atom. The normalized spacial score (nSPS) is 13.1. The highest BCUT2D eigenvalue weighted by Gasteiger charge is 2.06. The molecule has 2 heteroatoms. The number of rotatable bonds is 5. The van der Waals surface area contributed by atoms with Crippen molar-refractivity contribution in [1.82, 2.24) is 4.90 Å². The lowest BCUT2D eigenvalue weighted by atomic mass is 10.0. The quantitative estimate of drug-likeness (QED) is 0.825. The molecule has 1 unspecified atom stereocenters. The average Bonchev–Trinajstić information content (AvgIpc) is 2.22. The summed E-state index contributed by atoms with van der Waals surface area (Å²) in [4.78, 5) is 2.34. The maximum atomic E-state index is 5.64. The first kappa shape index (κ1) is 13.2. The minimum Gasteiger partial charge on any atom is -0.330 e. The monoisotopic (exact) mass is 220 g/mol. The standard InChI is InChI=1S/C14H24N2/c1-11-5-6-14(13(3)7-11)10-16(4)9-12(2)8-15/h5-7,12H,8-10,15H2,1-4H3. The van der Waals surface area contributed by atoms with Crippen molar-refractivity contribution >= 4 is 0 Å². The van der Waals surface area contributed by atoms with Gasteiger partial charge in [0.2, 0.25) is 0 Å². The first-order valence-electron chi connectivity index (χ1n) is 5.97. The van der Waals surface area contributed by atoms with Crippen LogP contribution in [0.1, 0.15) is 23.6 Å². The van der Waals surface area contributed by atoms with Crippen molar-refractivity contribution in [3.63, 3.8) is 0 Å². The lowest BCUT2D eigenvalue weighted by Gasteiger charge is -2.21. The van der Waals surface area contributed by atoms with E-state index < -0.39 is 0 Å². The Kier molecular flexibility index (Phi) is 4.97. The lowest BCUT2D eigenvalue weighted by molar-refractivity contribution is 0.281. The fourth-order valence-electron chi connectivity index (χ4n) is 1.99. The Bertz CT molecular complexity index is 334. The third kappa shape index (κ3) is 3.95. The Balaban J connectivity index is 2.59. The minimum absolute atomic E-state index is 0.566. The van der Waals surface area contributed by atoms with E-state index in [-0.39, 0.29) is 0 Å². The van der Waals surface area contributed by atoms with Gasteiger partial charge in [0, 0.05) is 13.1 Å². The zero-order valence-corrected chi connectivity index (χ0v) is 11.0. The van der Waals surface area contributed by atoms with E-state index in [1.165, 1.54) is 16.7 Å². The van der Waals surface area contributed by atoms with Crippen molar-refractivity contribution in [3.05, 3.63) is 34.9 Å². The molecule has 0 aromatic heterocycles. The summed E-state index contributed by atoms with van der Waals surface area (Å²) in [5, 5.41) is 0. The molecule has 0 amide bonds. The van der Waals surface area contributed by atoms with Gasteiger partial charge >= 0.3 is 0 Å². The van der Waals surface area contributed by atoms with Crippen LogP contribution in [0.5, 0.6) is 0 Å². The molecule has 0 saturated carbocycles. The van der Waals surface area contributed by atoms with Gasteiger partial charge in [-0.3, -0.25) is 0 Å². The van der Waals surface area contributed by atoms with Crippen molar-refractivity contribution in [2.75, 3.05) is 20.1 Å². The maximum Gasteiger partial charge on any atom is 0.0233 e. The van der Waals surface area contributed by atoms with E-state index in [0.717, 1.165) is 19.6 Å². The molecule has 1 aromatic carbocycles. The van der Waals surface area contributed by atoms with Crippen LogP contribution in [-0.2, 0) is 6.54 Å². The average molecular weight is 220 g/mol. The van der Waals surface area contributed by atoms with Crippen molar-refractivity contribution in [2.24, 2.45) is 11.7 Å². The van der Waals surface area contributed by atoms with Gasteiger partial charge in [0.1, 0.15) is 0 Å². The molecule has 0 aliphatic rings. The van der Waals surface area contributed by atoms with Crippen molar-refractivity contribution in [1.29, 1.82) is 0 Å². The van der Waals surface area contributed by atoms with Crippen LogP contribution in [0.2, 0.25) is 0 Å². The molecule has 1 rings (SSSR count). The van der Waals surface area contributed by atoms with E-state index in [9.17, 15) is 0 Å². The molecule has 0 spiro atoms. The fraction of sp³-hybridized carbons (Fsp3) is 0.571. The molecule has 0 fully saturated rings. The molecule has 2 N–H and O–H groups in total. The summed E-state index contributed by atoms with van der Waals surface area (Å²) in [6.07, 6.45) is 0. The molecule has 1 atom stereocenters. The van der Waals surface area contributed by atoms with Crippen LogP contribution in [0.3, 0.4) is 0 Å². The molecule has 0 saturated heterocycles. The van der Waals surface area contributed by atoms with Crippen LogP contribution in [-0.4, -0.2) is 25.0 Å². The molecule has 0 aliphatic heterocycles. The van der Waals surface area contributed by atoms with Gasteiger partial charge in [-0.05, 0) is 44.5 Å². The highest BCUT2D eigenvalue weighted by molar-refractivity contribution is 5.30. The summed E-state index contributed by atoms with van der Waals surface area (Å²) in [6.45, 7) is 9.34. The molecular formula is C14H24N2. The third-order valence-corrected chi connectivity index (χ3v) is 2.96. The highest BCUT2D eigenvalue weighted by Crippen LogP contribution is 2.13. The first-order valence-corrected chi connectivity index (χ1v) is 5.97. The number of hydrogen-bond acceptors (Lipinski definition) is 2. The molecular weight excluding hydrogens is 196 g/mol. The van der Waals surface area contributed by atoms with Gasteiger partial charge in [0.05, 0.1) is 0 Å². The van der Waals surface area contributed by atoms with Gasteiger partial charge in [-0.1, -0.05) is 30.7 Å². The van der Waals surface area contributed by atoms with Crippen molar-refractivity contribution < 1.29 is 0 Å². The highest BCUT2D eigenvalue weighted by atomic mass is 15.1. The number of nitrogens with two attached hydrogens (primary N) is 1. The van der Waals surface area contributed by atoms with Crippen LogP contribution in [0.4, 0.5) is 0 Å². The third-order valence-electron chi connectivity index (χ3n) is 2.96. The molecule has 0 bridgehead atoms. The number of benzene rings is 1. The second kappa shape index (κ2) is 6.02. The number of aryl methyl sites for hydroxylation is 2. The van der Waals surface area contributed by atoms with E-state index in [1.54, 1.807) is 0 Å². The first-order chi connectivity index (χ1) is 7.52. The number of hydrogen-bond donors (Lipinski definition) is 1. The maximum absolute atomic E-state index is 5.64. The summed E-state index contributed by atoms with van der Waals surface area (Å²) in [5.74, 6) is 0.566. The molecule has 0 aliphatic carbocycles. The fourth-order valence-corrected chi connectivity index (χ4v) is 1.99. The van der Waals surface area contributed by atoms with E-state index in [4.69, 9.17) is 5.73 Å². The van der Waals surface area contributed by atoms with Crippen LogP contribution >= 0.6 is 0 Å². The second-order valence-corrected chi connectivity index (χ2v) is 4.97. The minimum atomic E-state index is 0.566. The van der Waals surface area contributed by atoms with E-state index in [1.807, 2.05) is 0 Å². The van der Waals surface area contributed by atoms with Crippen LogP contribution in [0.25, 0.3) is 0 Å². The Hall–Kier alpha value is -0.860. The van der Waals surface area contributed by atoms with E-state index >= 15 is 0 Å². The second-order valence-electron chi connectivity index (χ2n) is 4.97. The van der Waals surface area contributed by atoms with Crippen LogP contribution in [0, 0.1) is 19.8 Å². The molecule has 16 heavy (non-hydrogen) atoms. The smallest absolute Gasteiger partial charge is 0.0233 e. The van der Waals surface area contributed by atoms with E-state index in [0.29, 0.717) is 5.92 Å². The van der Waals surface area contributed by atoms with Gasteiger partial charge < -0.3 is 10.6 Å². The zero-order chi connectivity index (χ0) is 12.1. The Labute approximate surface area is 99.5 Å². The zero-order valence-electron chi connectivity index (χ0n) is 11.0. The molecule has 90 valence electrons. The molecule has 2 nitrogen and oxygen atoms in total. The van der Waals surface area contributed by atoms with E-state index in [2.05, 4.69) is 50.9 Å². The van der Waals surface area contributed by atoms with Crippen LogP contribution in [0.15, 0.2) is 18.2 Å². The van der Waals surface area contributed by atoms with Gasteiger partial charge in [0.25, 0.3) is 0 Å². The van der Waals surface area contributed by atoms with Gasteiger partial charge in [-0.15, -0.1) is 0 Å².